The van der Waals surface area contributed by atoms with Gasteiger partial charge in [0.15, 0.2) is 0 Å². The Labute approximate surface area is 287 Å². The van der Waals surface area contributed by atoms with E-state index >= 15 is 0 Å². The molecule has 5 heteroatoms. The molecule has 0 bridgehead atoms. The summed E-state index contributed by atoms with van der Waals surface area (Å²) in [5, 5.41) is 0. The Morgan fingerprint density at radius 1 is 0.422 bits per heavy atom. The fourth-order valence-electron chi connectivity index (χ4n) is 6.17. The van der Waals surface area contributed by atoms with E-state index in [1.165, 1.54) is 193 Å². The van der Waals surface area contributed by atoms with E-state index < -0.39 is 5.43 Å². The van der Waals surface area contributed by atoms with E-state index in [1.807, 2.05) is 0 Å². The van der Waals surface area contributed by atoms with Crippen molar-refractivity contribution in [2.75, 3.05) is 26.4 Å². The molecule has 0 radical (unpaired) electrons. The second kappa shape index (κ2) is 39.9. The predicted molar refractivity (Wildman–Crippen MR) is 197 cm³/mol. The highest BCUT2D eigenvalue weighted by molar-refractivity contribution is 6.61. The van der Waals surface area contributed by atoms with Crippen LogP contribution in [0.2, 0.25) is 0 Å². The van der Waals surface area contributed by atoms with Crippen LogP contribution in [0.3, 0.4) is 0 Å². The number of hydrogen-bond acceptors (Lipinski definition) is 4. The van der Waals surface area contributed by atoms with Crippen molar-refractivity contribution in [1.82, 2.24) is 0 Å². The zero-order valence-corrected chi connectivity index (χ0v) is 31.3. The molecular formula is C40H79ClO4. The third-order valence-corrected chi connectivity index (χ3v) is 9.29. The van der Waals surface area contributed by atoms with Gasteiger partial charge in [-0.2, -0.15) is 0 Å². The molecule has 0 saturated heterocycles. The van der Waals surface area contributed by atoms with Crippen molar-refractivity contribution in [1.29, 1.82) is 0 Å². The summed E-state index contributed by atoms with van der Waals surface area (Å²) in [7, 11) is 0. The van der Waals surface area contributed by atoms with Gasteiger partial charge in [-0.05, 0) is 12.8 Å². The molecule has 0 fully saturated rings. The van der Waals surface area contributed by atoms with Crippen LogP contribution in [0.15, 0.2) is 0 Å². The van der Waals surface area contributed by atoms with Gasteiger partial charge in [0.1, 0.15) is 12.7 Å². The first-order valence-corrected chi connectivity index (χ1v) is 20.6. The average Bonchev–Trinajstić information content (AvgIpc) is 3.04. The van der Waals surface area contributed by atoms with Crippen LogP contribution in [0.1, 0.15) is 219 Å². The molecular weight excluding hydrogens is 580 g/mol. The normalized spacial score (nSPS) is 12.2. The van der Waals surface area contributed by atoms with Crippen molar-refractivity contribution in [3.63, 3.8) is 0 Å². The third-order valence-electron chi connectivity index (χ3n) is 9.18. The number of carbonyl (C=O) groups is 1. The molecule has 270 valence electrons. The lowest BCUT2D eigenvalue weighted by molar-refractivity contribution is -0.0442. The lowest BCUT2D eigenvalue weighted by Crippen LogP contribution is -2.27. The second-order valence-corrected chi connectivity index (χ2v) is 14.0. The van der Waals surface area contributed by atoms with Crippen molar-refractivity contribution in [2.24, 2.45) is 0 Å². The van der Waals surface area contributed by atoms with E-state index in [0.717, 1.165) is 19.4 Å². The molecule has 0 aromatic carbocycles. The Bertz CT molecular complexity index is 558. The molecule has 1 atom stereocenters. The summed E-state index contributed by atoms with van der Waals surface area (Å²) in [5.74, 6) is 0. The number of unbranched alkanes of at least 4 members (excludes halogenated alkanes) is 30. The minimum atomic E-state index is -0.774. The minimum absolute atomic E-state index is 0.167. The molecule has 45 heavy (non-hydrogen) atoms. The van der Waals surface area contributed by atoms with Gasteiger partial charge in [-0.25, -0.2) is 4.79 Å². The molecule has 0 spiro atoms. The maximum absolute atomic E-state index is 11.1. The quantitative estimate of drug-likeness (QED) is 0.0487. The monoisotopic (exact) mass is 659 g/mol. The van der Waals surface area contributed by atoms with Crippen molar-refractivity contribution in [3.8, 4) is 0 Å². The number of hydrogen-bond donors (Lipinski definition) is 0. The van der Waals surface area contributed by atoms with E-state index in [1.54, 1.807) is 0 Å². The highest BCUT2D eigenvalue weighted by Gasteiger charge is 2.12. The largest absolute Gasteiger partial charge is 0.451 e. The SMILES string of the molecule is CCCCCCCCCCCCCCCCCCOCC(COC(=O)Cl)OCCCCCCCCCCCCCCCCCC. The fourth-order valence-corrected chi connectivity index (χ4v) is 6.23. The zero-order chi connectivity index (χ0) is 32.7. The fraction of sp³-hybridized carbons (Fsp3) is 0.975. The van der Waals surface area contributed by atoms with Gasteiger partial charge in [0.05, 0.1) is 6.61 Å². The van der Waals surface area contributed by atoms with Gasteiger partial charge in [0, 0.05) is 24.8 Å². The van der Waals surface area contributed by atoms with Crippen molar-refractivity contribution in [3.05, 3.63) is 0 Å². The Hall–Kier alpha value is -0.320. The summed E-state index contributed by atoms with van der Waals surface area (Å²) in [4.78, 5) is 11.1. The van der Waals surface area contributed by atoms with Crippen LogP contribution in [-0.4, -0.2) is 38.0 Å². The zero-order valence-electron chi connectivity index (χ0n) is 30.5. The average molecular weight is 660 g/mol. The standard InChI is InChI=1S/C40H79ClO4/c1-3-5-7-9-11-13-15-17-19-21-23-25-27-29-31-33-35-43-37-39(38-45-40(41)42)44-36-34-32-30-28-26-24-22-20-18-16-14-12-10-8-6-4-2/h39H,3-38H2,1-2H3. The highest BCUT2D eigenvalue weighted by atomic mass is 35.5. The van der Waals surface area contributed by atoms with Crippen molar-refractivity contribution >= 4 is 17.0 Å². The van der Waals surface area contributed by atoms with Crippen LogP contribution in [-0.2, 0) is 14.2 Å². The Kier molecular flexibility index (Phi) is 39.6. The van der Waals surface area contributed by atoms with Gasteiger partial charge < -0.3 is 14.2 Å². The Morgan fingerprint density at radius 3 is 1.02 bits per heavy atom. The van der Waals surface area contributed by atoms with E-state index in [2.05, 4.69) is 13.8 Å². The maximum Gasteiger partial charge on any atom is 0.403 e. The lowest BCUT2D eigenvalue weighted by Gasteiger charge is -2.17. The van der Waals surface area contributed by atoms with Crippen molar-refractivity contribution < 1.29 is 19.0 Å². The van der Waals surface area contributed by atoms with Gasteiger partial charge >= 0.3 is 5.43 Å². The molecule has 0 aromatic heterocycles. The van der Waals surface area contributed by atoms with E-state index in [4.69, 9.17) is 25.8 Å². The van der Waals surface area contributed by atoms with Crippen LogP contribution in [0.4, 0.5) is 4.79 Å². The second-order valence-electron chi connectivity index (χ2n) is 13.7. The topological polar surface area (TPSA) is 44.8 Å². The lowest BCUT2D eigenvalue weighted by atomic mass is 10.0. The first-order valence-electron chi connectivity index (χ1n) is 20.2. The molecule has 0 aliphatic carbocycles. The van der Waals surface area contributed by atoms with E-state index in [-0.39, 0.29) is 12.7 Å². The van der Waals surface area contributed by atoms with Gasteiger partial charge in [-0.1, -0.05) is 206 Å². The molecule has 0 aliphatic heterocycles. The predicted octanol–water partition coefficient (Wildman–Crippen LogP) is 14.3. The number of carbonyl (C=O) groups excluding carboxylic acids is 1. The molecule has 1 unspecified atom stereocenters. The van der Waals surface area contributed by atoms with Crippen LogP contribution in [0.5, 0.6) is 0 Å². The number of ether oxygens (including phenoxy) is 3. The molecule has 0 aromatic rings. The molecule has 0 amide bonds. The third kappa shape index (κ3) is 39.8. The maximum atomic E-state index is 11.1. The van der Waals surface area contributed by atoms with Gasteiger partial charge in [-0.15, -0.1) is 0 Å². The summed E-state index contributed by atoms with van der Waals surface area (Å²) in [6.07, 6.45) is 43.5. The summed E-state index contributed by atoms with van der Waals surface area (Å²) in [6, 6.07) is 0. The summed E-state index contributed by atoms with van der Waals surface area (Å²) < 4.78 is 16.9. The first-order chi connectivity index (χ1) is 22.2. The van der Waals surface area contributed by atoms with Crippen LogP contribution >= 0.6 is 11.6 Å². The molecule has 0 N–H and O–H groups in total. The first kappa shape index (κ1) is 44.7. The number of halogens is 1. The van der Waals surface area contributed by atoms with Gasteiger partial charge in [0.2, 0.25) is 0 Å². The highest BCUT2D eigenvalue weighted by Crippen LogP contribution is 2.15. The summed E-state index contributed by atoms with van der Waals surface area (Å²) >= 11 is 5.38. The number of rotatable bonds is 39. The molecule has 0 rings (SSSR count). The van der Waals surface area contributed by atoms with Crippen LogP contribution in [0.25, 0.3) is 0 Å². The molecule has 4 nitrogen and oxygen atoms in total. The van der Waals surface area contributed by atoms with Crippen LogP contribution in [0, 0.1) is 0 Å². The molecule has 0 saturated carbocycles. The summed E-state index contributed by atoms with van der Waals surface area (Å²) in [6.45, 7) is 6.63. The Balaban J connectivity index is 3.52. The molecule has 0 aliphatic rings. The smallest absolute Gasteiger partial charge is 0.403 e. The van der Waals surface area contributed by atoms with Gasteiger partial charge in [0.25, 0.3) is 0 Å². The van der Waals surface area contributed by atoms with E-state index in [0.29, 0.717) is 13.2 Å². The van der Waals surface area contributed by atoms with Crippen molar-refractivity contribution in [2.45, 2.75) is 225 Å². The van der Waals surface area contributed by atoms with Gasteiger partial charge in [-0.3, -0.25) is 0 Å². The van der Waals surface area contributed by atoms with E-state index in [9.17, 15) is 4.79 Å². The summed E-state index contributed by atoms with van der Waals surface area (Å²) in [5.41, 5.74) is -0.774. The Morgan fingerprint density at radius 2 is 0.711 bits per heavy atom. The minimum Gasteiger partial charge on any atom is -0.451 e. The molecule has 0 heterocycles. The van der Waals surface area contributed by atoms with Crippen LogP contribution < -0.4 is 0 Å².